The maximum atomic E-state index is 2.67. The molecule has 13 heavy (non-hydrogen) atoms. The summed E-state index contributed by atoms with van der Waals surface area (Å²) in [5.41, 5.74) is 0. The van der Waals surface area contributed by atoms with Crippen LogP contribution >= 0.6 is 0 Å². The molecule has 0 radical (unpaired) electrons. The van der Waals surface area contributed by atoms with Crippen LogP contribution in [0.1, 0.15) is 47.0 Å². The Morgan fingerprint density at radius 1 is 1.15 bits per heavy atom. The molecular formula is C12H25N. The van der Waals surface area contributed by atoms with Crippen molar-refractivity contribution in [3.8, 4) is 0 Å². The Hall–Kier alpha value is -0.0400. The molecule has 1 fully saturated rings. The number of rotatable bonds is 4. The molecule has 1 aliphatic heterocycles. The molecule has 0 saturated carbocycles. The zero-order valence-corrected chi connectivity index (χ0v) is 9.71. The van der Waals surface area contributed by atoms with Crippen molar-refractivity contribution in [2.24, 2.45) is 11.8 Å². The SMILES string of the molecule is CCCCCN1CC(C)C(C)C1C. The average Bonchev–Trinajstić information content (AvgIpc) is 2.34. The van der Waals surface area contributed by atoms with E-state index in [2.05, 4.69) is 32.6 Å². The van der Waals surface area contributed by atoms with Crippen molar-refractivity contribution in [3.05, 3.63) is 0 Å². The Balaban J connectivity index is 2.27. The second-order valence-electron chi connectivity index (χ2n) is 4.78. The summed E-state index contributed by atoms with van der Waals surface area (Å²) in [5, 5.41) is 0. The van der Waals surface area contributed by atoms with E-state index >= 15 is 0 Å². The first-order chi connectivity index (χ1) is 6.16. The van der Waals surface area contributed by atoms with E-state index in [0.717, 1.165) is 17.9 Å². The predicted molar refractivity (Wildman–Crippen MR) is 58.9 cm³/mol. The monoisotopic (exact) mass is 183 g/mol. The number of hydrogen-bond donors (Lipinski definition) is 0. The molecule has 0 aromatic heterocycles. The van der Waals surface area contributed by atoms with Crippen LogP contribution in [-0.4, -0.2) is 24.0 Å². The second kappa shape index (κ2) is 4.99. The molecule has 1 rings (SSSR count). The van der Waals surface area contributed by atoms with Gasteiger partial charge >= 0.3 is 0 Å². The molecule has 0 spiro atoms. The Morgan fingerprint density at radius 3 is 2.31 bits per heavy atom. The number of likely N-dealkylation sites (tertiary alicyclic amines) is 1. The van der Waals surface area contributed by atoms with E-state index < -0.39 is 0 Å². The third kappa shape index (κ3) is 2.70. The van der Waals surface area contributed by atoms with Crippen LogP contribution in [0.5, 0.6) is 0 Å². The largest absolute Gasteiger partial charge is 0.300 e. The first-order valence-corrected chi connectivity index (χ1v) is 5.90. The van der Waals surface area contributed by atoms with Crippen molar-refractivity contribution < 1.29 is 0 Å². The molecule has 0 bridgehead atoms. The van der Waals surface area contributed by atoms with E-state index in [1.54, 1.807) is 0 Å². The van der Waals surface area contributed by atoms with Crippen molar-refractivity contribution in [2.45, 2.75) is 53.0 Å². The van der Waals surface area contributed by atoms with E-state index in [9.17, 15) is 0 Å². The van der Waals surface area contributed by atoms with Gasteiger partial charge < -0.3 is 4.90 Å². The molecule has 3 unspecified atom stereocenters. The quantitative estimate of drug-likeness (QED) is 0.605. The average molecular weight is 183 g/mol. The highest BCUT2D eigenvalue weighted by Gasteiger charge is 2.32. The lowest BCUT2D eigenvalue weighted by Gasteiger charge is -2.22. The van der Waals surface area contributed by atoms with Crippen molar-refractivity contribution in [1.29, 1.82) is 0 Å². The number of nitrogens with zero attached hydrogens (tertiary/aromatic N) is 1. The summed E-state index contributed by atoms with van der Waals surface area (Å²) in [6.07, 6.45) is 4.12. The first-order valence-electron chi connectivity index (χ1n) is 5.90. The van der Waals surface area contributed by atoms with Crippen LogP contribution in [0.4, 0.5) is 0 Å². The fourth-order valence-electron chi connectivity index (χ4n) is 2.37. The smallest absolute Gasteiger partial charge is 0.00956 e. The maximum Gasteiger partial charge on any atom is 0.00956 e. The molecule has 1 aliphatic rings. The van der Waals surface area contributed by atoms with Crippen LogP contribution in [0.15, 0.2) is 0 Å². The highest BCUT2D eigenvalue weighted by atomic mass is 15.2. The Bertz CT molecular complexity index is 144. The zero-order chi connectivity index (χ0) is 9.84. The van der Waals surface area contributed by atoms with Gasteiger partial charge in [0.15, 0.2) is 0 Å². The summed E-state index contributed by atoms with van der Waals surface area (Å²) < 4.78 is 0. The summed E-state index contributed by atoms with van der Waals surface area (Å²) in [7, 11) is 0. The molecule has 1 heteroatoms. The van der Waals surface area contributed by atoms with Crippen LogP contribution in [0, 0.1) is 11.8 Å². The summed E-state index contributed by atoms with van der Waals surface area (Å²) in [4.78, 5) is 2.67. The van der Waals surface area contributed by atoms with Gasteiger partial charge in [-0.15, -0.1) is 0 Å². The van der Waals surface area contributed by atoms with E-state index in [1.807, 2.05) is 0 Å². The van der Waals surface area contributed by atoms with Gasteiger partial charge in [0.25, 0.3) is 0 Å². The molecule has 1 nitrogen and oxygen atoms in total. The molecule has 0 aromatic carbocycles. The molecule has 0 amide bonds. The Morgan fingerprint density at radius 2 is 1.85 bits per heavy atom. The van der Waals surface area contributed by atoms with Gasteiger partial charge in [0, 0.05) is 12.6 Å². The normalized spacial score (nSPS) is 35.5. The minimum Gasteiger partial charge on any atom is -0.300 e. The molecular weight excluding hydrogens is 158 g/mol. The van der Waals surface area contributed by atoms with E-state index in [-0.39, 0.29) is 0 Å². The number of unbranched alkanes of at least 4 members (excludes halogenated alkanes) is 2. The van der Waals surface area contributed by atoms with Crippen LogP contribution in [0.25, 0.3) is 0 Å². The minimum absolute atomic E-state index is 0.812. The summed E-state index contributed by atoms with van der Waals surface area (Å²) in [5.74, 6) is 1.79. The van der Waals surface area contributed by atoms with Crippen LogP contribution < -0.4 is 0 Å². The number of hydrogen-bond acceptors (Lipinski definition) is 1. The predicted octanol–water partition coefficient (Wildman–Crippen LogP) is 3.15. The first kappa shape index (κ1) is 11.0. The van der Waals surface area contributed by atoms with Crippen LogP contribution in [-0.2, 0) is 0 Å². The van der Waals surface area contributed by atoms with E-state index in [4.69, 9.17) is 0 Å². The second-order valence-corrected chi connectivity index (χ2v) is 4.78. The van der Waals surface area contributed by atoms with Gasteiger partial charge in [-0.1, -0.05) is 33.6 Å². The van der Waals surface area contributed by atoms with Gasteiger partial charge in [0.2, 0.25) is 0 Å². The van der Waals surface area contributed by atoms with Gasteiger partial charge in [-0.05, 0) is 31.7 Å². The van der Waals surface area contributed by atoms with Crippen LogP contribution in [0.3, 0.4) is 0 Å². The molecule has 0 aliphatic carbocycles. The standard InChI is InChI=1S/C12H25N/c1-5-6-7-8-13-9-10(2)11(3)12(13)4/h10-12H,5-9H2,1-4H3. The van der Waals surface area contributed by atoms with Crippen molar-refractivity contribution in [2.75, 3.05) is 13.1 Å². The van der Waals surface area contributed by atoms with Gasteiger partial charge in [-0.25, -0.2) is 0 Å². The maximum absolute atomic E-state index is 2.67. The highest BCUT2D eigenvalue weighted by molar-refractivity contribution is 4.85. The van der Waals surface area contributed by atoms with Gasteiger partial charge in [-0.3, -0.25) is 0 Å². The lowest BCUT2D eigenvalue weighted by molar-refractivity contribution is 0.242. The minimum atomic E-state index is 0.812. The Kier molecular flexibility index (Phi) is 4.24. The summed E-state index contributed by atoms with van der Waals surface area (Å²) in [6, 6.07) is 0.812. The highest BCUT2D eigenvalue weighted by Crippen LogP contribution is 2.28. The fraction of sp³-hybridized carbons (Fsp3) is 1.00. The molecule has 3 atom stereocenters. The van der Waals surface area contributed by atoms with Gasteiger partial charge in [0.1, 0.15) is 0 Å². The Labute approximate surface area is 83.5 Å². The summed E-state index contributed by atoms with van der Waals surface area (Å²) in [6.45, 7) is 12.1. The van der Waals surface area contributed by atoms with E-state index in [0.29, 0.717) is 0 Å². The zero-order valence-electron chi connectivity index (χ0n) is 9.71. The van der Waals surface area contributed by atoms with Crippen molar-refractivity contribution in [3.63, 3.8) is 0 Å². The van der Waals surface area contributed by atoms with Gasteiger partial charge in [0.05, 0.1) is 0 Å². The van der Waals surface area contributed by atoms with Crippen molar-refractivity contribution >= 4 is 0 Å². The van der Waals surface area contributed by atoms with Crippen molar-refractivity contribution in [1.82, 2.24) is 4.90 Å². The molecule has 78 valence electrons. The molecule has 0 aromatic rings. The fourth-order valence-corrected chi connectivity index (χ4v) is 2.37. The lowest BCUT2D eigenvalue weighted by Crippen LogP contribution is -2.30. The van der Waals surface area contributed by atoms with E-state index in [1.165, 1.54) is 32.4 Å². The third-order valence-corrected chi connectivity index (χ3v) is 3.81. The topological polar surface area (TPSA) is 3.24 Å². The molecule has 0 N–H and O–H groups in total. The lowest BCUT2D eigenvalue weighted by atomic mass is 9.95. The van der Waals surface area contributed by atoms with Gasteiger partial charge in [-0.2, -0.15) is 0 Å². The molecule has 1 heterocycles. The molecule has 1 saturated heterocycles. The third-order valence-electron chi connectivity index (χ3n) is 3.81. The van der Waals surface area contributed by atoms with Crippen LogP contribution in [0.2, 0.25) is 0 Å². The summed E-state index contributed by atoms with van der Waals surface area (Å²) >= 11 is 0.